The van der Waals surface area contributed by atoms with Crippen LogP contribution in [0.3, 0.4) is 0 Å². The molecule has 3 aromatic rings. The van der Waals surface area contributed by atoms with Gasteiger partial charge in [0.15, 0.2) is 17.0 Å². The van der Waals surface area contributed by atoms with Crippen LogP contribution < -0.4 is 15.8 Å². The molecule has 0 saturated carbocycles. The molecule has 10 heteroatoms. The highest BCUT2D eigenvalue weighted by Gasteiger charge is 2.37. The van der Waals surface area contributed by atoms with Crippen molar-refractivity contribution in [2.24, 2.45) is 5.92 Å². The topological polar surface area (TPSA) is 107 Å². The molecule has 182 valence electrons. The molecule has 3 aromatic heterocycles. The summed E-state index contributed by atoms with van der Waals surface area (Å²) >= 11 is 0. The Bertz CT molecular complexity index is 1320. The number of hydrogen-bond acceptors (Lipinski definition) is 8. The largest absolute Gasteiger partial charge is 0.464 e. The zero-order valence-corrected chi connectivity index (χ0v) is 19.7. The number of allylic oxidation sites excluding steroid dienone is 3. The predicted octanol–water partition coefficient (Wildman–Crippen LogP) is 2.56. The fourth-order valence-corrected chi connectivity index (χ4v) is 5.42. The molecular formula is C25H29FN8O. The van der Waals surface area contributed by atoms with E-state index in [0.717, 1.165) is 31.6 Å². The zero-order valence-electron chi connectivity index (χ0n) is 19.7. The van der Waals surface area contributed by atoms with E-state index in [2.05, 4.69) is 48.4 Å². The molecule has 35 heavy (non-hydrogen) atoms. The highest BCUT2D eigenvalue weighted by molar-refractivity contribution is 5.86. The van der Waals surface area contributed by atoms with E-state index in [0.29, 0.717) is 53.7 Å². The first-order valence-corrected chi connectivity index (χ1v) is 12.2. The first-order valence-electron chi connectivity index (χ1n) is 12.2. The van der Waals surface area contributed by atoms with Gasteiger partial charge in [-0.05, 0) is 37.3 Å². The molecule has 1 aliphatic carbocycles. The van der Waals surface area contributed by atoms with Crippen LogP contribution in [0.5, 0.6) is 6.01 Å². The third-order valence-corrected chi connectivity index (χ3v) is 7.08. The lowest BCUT2D eigenvalue weighted by atomic mass is 9.95. The van der Waals surface area contributed by atoms with E-state index in [1.165, 1.54) is 18.7 Å². The average molecular weight is 477 g/mol. The van der Waals surface area contributed by atoms with Crippen LogP contribution in [0.15, 0.2) is 42.3 Å². The number of anilines is 1. The van der Waals surface area contributed by atoms with E-state index < -0.39 is 5.82 Å². The smallest absolute Gasteiger partial charge is 0.320 e. The van der Waals surface area contributed by atoms with Crippen LogP contribution in [-0.4, -0.2) is 67.7 Å². The molecule has 0 amide bonds. The summed E-state index contributed by atoms with van der Waals surface area (Å²) in [4.78, 5) is 20.1. The first-order chi connectivity index (χ1) is 17.1. The first kappa shape index (κ1) is 22.1. The number of nitrogen functional groups attached to an aromatic ring is 1. The molecule has 2 aliphatic heterocycles. The number of pyridine rings is 1. The van der Waals surface area contributed by atoms with Crippen LogP contribution in [0.2, 0.25) is 0 Å². The molecule has 0 radical (unpaired) electrons. The van der Waals surface area contributed by atoms with Crippen molar-refractivity contribution >= 4 is 17.0 Å². The third kappa shape index (κ3) is 4.28. The summed E-state index contributed by atoms with van der Waals surface area (Å²) in [6.45, 7) is 6.17. The van der Waals surface area contributed by atoms with Crippen molar-refractivity contribution in [2.45, 2.75) is 38.4 Å². The second-order valence-electron chi connectivity index (χ2n) is 9.49. The van der Waals surface area contributed by atoms with Crippen LogP contribution >= 0.6 is 0 Å². The highest BCUT2D eigenvalue weighted by Crippen LogP contribution is 2.31. The van der Waals surface area contributed by atoms with Gasteiger partial charge >= 0.3 is 6.01 Å². The van der Waals surface area contributed by atoms with Crippen LogP contribution in [0.1, 0.15) is 19.8 Å². The van der Waals surface area contributed by atoms with Crippen LogP contribution in [0, 0.1) is 11.7 Å². The van der Waals surface area contributed by atoms with Crippen molar-refractivity contribution in [3.63, 3.8) is 0 Å². The standard InChI is InChI=1S/C25H29FN8O/c1-2-35-25-31-22(27)21-24(32-25)34(23(30-21)17-7-18(26)10-28-9-17)13-16-5-3-15(4-6-16)12-33-14-19-8-20(33)11-29-19/h3,5-7,9-10,15,19-20,29H,2,4,8,11-14H2,1H3,(H2,27,31,32). The fourth-order valence-electron chi connectivity index (χ4n) is 5.42. The van der Waals surface area contributed by atoms with Crippen LogP contribution in [0.25, 0.3) is 22.6 Å². The number of fused-ring (bicyclic) bond motifs is 3. The maximum Gasteiger partial charge on any atom is 0.320 e. The van der Waals surface area contributed by atoms with Gasteiger partial charge in [-0.2, -0.15) is 9.97 Å². The lowest BCUT2D eigenvalue weighted by Gasteiger charge is -2.30. The summed E-state index contributed by atoms with van der Waals surface area (Å²) in [6.07, 6.45) is 11.8. The predicted molar refractivity (Wildman–Crippen MR) is 131 cm³/mol. The van der Waals surface area contributed by atoms with E-state index in [1.54, 1.807) is 6.20 Å². The van der Waals surface area contributed by atoms with Crippen LogP contribution in [0.4, 0.5) is 10.2 Å². The molecule has 5 heterocycles. The van der Waals surface area contributed by atoms with Gasteiger partial charge in [-0.25, -0.2) is 9.37 Å². The summed E-state index contributed by atoms with van der Waals surface area (Å²) in [7, 11) is 0. The number of hydrogen-bond donors (Lipinski definition) is 2. The second-order valence-corrected chi connectivity index (χ2v) is 9.49. The van der Waals surface area contributed by atoms with Crippen molar-refractivity contribution in [1.29, 1.82) is 0 Å². The molecule has 3 aliphatic rings. The van der Waals surface area contributed by atoms with E-state index in [-0.39, 0.29) is 11.8 Å². The number of aromatic nitrogens is 5. The Balaban J connectivity index is 1.29. The minimum absolute atomic E-state index is 0.199. The van der Waals surface area contributed by atoms with E-state index in [9.17, 15) is 4.39 Å². The molecular weight excluding hydrogens is 447 g/mol. The Labute approximate surface area is 202 Å². The Morgan fingerprint density at radius 3 is 2.89 bits per heavy atom. The van der Waals surface area contributed by atoms with Gasteiger partial charge in [0.2, 0.25) is 0 Å². The lowest BCUT2D eigenvalue weighted by Crippen LogP contribution is -2.45. The fraction of sp³-hybridized carbons (Fsp3) is 0.440. The normalized spacial score (nSPS) is 23.8. The van der Waals surface area contributed by atoms with E-state index >= 15 is 0 Å². The van der Waals surface area contributed by atoms with E-state index in [4.69, 9.17) is 10.5 Å². The maximum absolute atomic E-state index is 14.0. The monoisotopic (exact) mass is 476 g/mol. The Hall–Kier alpha value is -3.37. The molecule has 3 N–H and O–H groups in total. The van der Waals surface area contributed by atoms with Crippen LogP contribution in [-0.2, 0) is 6.54 Å². The Morgan fingerprint density at radius 2 is 2.17 bits per heavy atom. The summed E-state index contributed by atoms with van der Waals surface area (Å²) in [6, 6.07) is 2.96. The zero-order chi connectivity index (χ0) is 23.9. The van der Waals surface area contributed by atoms with Gasteiger partial charge in [0.25, 0.3) is 0 Å². The quantitative estimate of drug-likeness (QED) is 0.536. The van der Waals surface area contributed by atoms with Crippen molar-refractivity contribution < 1.29 is 9.13 Å². The van der Waals surface area contributed by atoms with Gasteiger partial charge in [-0.15, -0.1) is 0 Å². The number of piperazine rings is 1. The number of nitrogens with zero attached hydrogens (tertiary/aromatic N) is 6. The van der Waals surface area contributed by atoms with Gasteiger partial charge in [-0.1, -0.05) is 18.2 Å². The summed E-state index contributed by atoms with van der Waals surface area (Å²) < 4.78 is 21.5. The maximum atomic E-state index is 14.0. The third-order valence-electron chi connectivity index (χ3n) is 7.08. The summed E-state index contributed by atoms with van der Waals surface area (Å²) in [5, 5.41) is 3.57. The van der Waals surface area contributed by atoms with Gasteiger partial charge < -0.3 is 20.4 Å². The lowest BCUT2D eigenvalue weighted by molar-refractivity contribution is 0.205. The van der Waals surface area contributed by atoms with E-state index in [1.807, 2.05) is 11.5 Å². The van der Waals surface area contributed by atoms with Gasteiger partial charge in [0.1, 0.15) is 11.6 Å². The van der Waals surface area contributed by atoms with Gasteiger partial charge in [0, 0.05) is 43.5 Å². The number of ether oxygens (including phenoxy) is 1. The molecule has 0 aromatic carbocycles. The number of nitrogens with two attached hydrogens (primary N) is 1. The number of likely N-dealkylation sites (tertiary alicyclic amines) is 1. The molecule has 9 nitrogen and oxygen atoms in total. The molecule has 2 fully saturated rings. The average Bonchev–Trinajstić information content (AvgIpc) is 3.56. The molecule has 3 atom stereocenters. The second kappa shape index (κ2) is 9.01. The van der Waals surface area contributed by atoms with Crippen molar-refractivity contribution in [3.8, 4) is 17.4 Å². The summed E-state index contributed by atoms with van der Waals surface area (Å²) in [5.41, 5.74) is 8.91. The van der Waals surface area contributed by atoms with Crippen molar-refractivity contribution in [3.05, 3.63) is 48.1 Å². The minimum atomic E-state index is -0.430. The van der Waals surface area contributed by atoms with Crippen molar-refractivity contribution in [1.82, 2.24) is 34.7 Å². The summed E-state index contributed by atoms with van der Waals surface area (Å²) in [5.74, 6) is 0.844. The molecule has 2 saturated heterocycles. The molecule has 2 bridgehead atoms. The number of nitrogens with one attached hydrogen (secondary N) is 1. The highest BCUT2D eigenvalue weighted by atomic mass is 19.1. The number of halogens is 1. The molecule has 3 unspecified atom stereocenters. The number of imidazole rings is 1. The van der Waals surface area contributed by atoms with Gasteiger partial charge in [-0.3, -0.25) is 9.88 Å². The van der Waals surface area contributed by atoms with Gasteiger partial charge in [0.05, 0.1) is 19.3 Å². The minimum Gasteiger partial charge on any atom is -0.464 e. The Morgan fingerprint density at radius 1 is 1.26 bits per heavy atom. The molecule has 6 rings (SSSR count). The number of rotatable bonds is 7. The Kier molecular flexibility index (Phi) is 5.69. The van der Waals surface area contributed by atoms with Crippen molar-refractivity contribution in [2.75, 3.05) is 32.0 Å². The molecule has 0 spiro atoms. The SMILES string of the molecule is CCOc1nc(N)c2nc(-c3cncc(F)c3)n(CC3=CCC(CN4CC5CC4CN5)C=C3)c2n1.